The quantitative estimate of drug-likeness (QED) is 0.928. The molecule has 2 aromatic rings. The third kappa shape index (κ3) is 3.74. The van der Waals surface area contributed by atoms with Gasteiger partial charge in [-0.1, -0.05) is 0 Å². The van der Waals surface area contributed by atoms with Gasteiger partial charge in [0.1, 0.15) is 5.69 Å². The van der Waals surface area contributed by atoms with Crippen molar-refractivity contribution in [1.29, 1.82) is 0 Å². The molecule has 0 saturated heterocycles. The van der Waals surface area contributed by atoms with Crippen molar-refractivity contribution in [2.24, 2.45) is 0 Å². The second-order valence-corrected chi connectivity index (χ2v) is 5.07. The first-order chi connectivity index (χ1) is 9.56. The van der Waals surface area contributed by atoms with Crippen LogP contribution in [0.5, 0.6) is 5.88 Å². The topological polar surface area (TPSA) is 77.0 Å². The van der Waals surface area contributed by atoms with Gasteiger partial charge in [0, 0.05) is 16.7 Å². The normalized spacial score (nSPS) is 10.4. The molecule has 1 N–H and O–H groups in total. The van der Waals surface area contributed by atoms with Gasteiger partial charge in [-0.2, -0.15) is 0 Å². The van der Waals surface area contributed by atoms with Crippen molar-refractivity contribution in [3.63, 3.8) is 0 Å². The van der Waals surface area contributed by atoms with E-state index in [9.17, 15) is 4.79 Å². The second-order valence-electron chi connectivity index (χ2n) is 4.21. The summed E-state index contributed by atoms with van der Waals surface area (Å²) in [5.74, 6) is 0.393. The van der Waals surface area contributed by atoms with E-state index >= 15 is 0 Å². The van der Waals surface area contributed by atoms with E-state index < -0.39 is 0 Å². The Kier molecular flexibility index (Phi) is 4.62. The first kappa shape index (κ1) is 14.4. The highest BCUT2D eigenvalue weighted by Crippen LogP contribution is 2.15. The third-order valence-electron chi connectivity index (χ3n) is 2.21. The van der Waals surface area contributed by atoms with Gasteiger partial charge >= 0.3 is 0 Å². The standard InChI is InChI=1S/C13H13BrN4O2/c1-8(2)20-11-6-5-10(17-18-11)16-13(19)12-9(14)4-3-7-15-12/h3-8H,1-2H3,(H,16,17,19). The second kappa shape index (κ2) is 6.42. The monoisotopic (exact) mass is 336 g/mol. The summed E-state index contributed by atoms with van der Waals surface area (Å²) in [6, 6.07) is 6.75. The summed E-state index contributed by atoms with van der Waals surface area (Å²) in [5, 5.41) is 10.4. The molecule has 0 aliphatic heterocycles. The molecule has 0 aromatic carbocycles. The Morgan fingerprint density at radius 2 is 2.10 bits per heavy atom. The van der Waals surface area contributed by atoms with Gasteiger partial charge in [-0.3, -0.25) is 4.79 Å². The molecule has 20 heavy (non-hydrogen) atoms. The molecule has 0 atom stereocenters. The number of carbonyl (C=O) groups is 1. The van der Waals surface area contributed by atoms with E-state index in [1.807, 2.05) is 13.8 Å². The van der Waals surface area contributed by atoms with E-state index in [4.69, 9.17) is 4.74 Å². The van der Waals surface area contributed by atoms with Crippen LogP contribution in [0.25, 0.3) is 0 Å². The Labute approximate surface area is 124 Å². The number of ether oxygens (including phenoxy) is 1. The number of anilines is 1. The Bertz CT molecular complexity index is 602. The zero-order valence-corrected chi connectivity index (χ0v) is 12.6. The average Bonchev–Trinajstić information content (AvgIpc) is 2.41. The van der Waals surface area contributed by atoms with Crippen LogP contribution in [-0.4, -0.2) is 27.2 Å². The van der Waals surface area contributed by atoms with Crippen LogP contribution in [0.3, 0.4) is 0 Å². The van der Waals surface area contributed by atoms with Crippen molar-refractivity contribution in [3.05, 3.63) is 40.6 Å². The predicted molar refractivity (Wildman–Crippen MR) is 77.7 cm³/mol. The average molecular weight is 337 g/mol. The molecule has 2 rings (SSSR count). The predicted octanol–water partition coefficient (Wildman–Crippen LogP) is 2.67. The van der Waals surface area contributed by atoms with Gasteiger partial charge in [0.15, 0.2) is 5.82 Å². The van der Waals surface area contributed by atoms with Crippen molar-refractivity contribution in [1.82, 2.24) is 15.2 Å². The molecule has 0 bridgehead atoms. The number of aromatic nitrogens is 3. The van der Waals surface area contributed by atoms with Crippen LogP contribution in [-0.2, 0) is 0 Å². The fourth-order valence-electron chi connectivity index (χ4n) is 1.42. The number of amides is 1. The number of rotatable bonds is 4. The summed E-state index contributed by atoms with van der Waals surface area (Å²) in [4.78, 5) is 16.0. The van der Waals surface area contributed by atoms with Gasteiger partial charge in [-0.05, 0) is 48.0 Å². The fraction of sp³-hybridized carbons (Fsp3) is 0.231. The smallest absolute Gasteiger partial charge is 0.276 e. The van der Waals surface area contributed by atoms with E-state index in [1.54, 1.807) is 30.5 Å². The minimum absolute atomic E-state index is 0.0224. The molecule has 0 fully saturated rings. The molecule has 6 nitrogen and oxygen atoms in total. The number of hydrogen-bond acceptors (Lipinski definition) is 5. The molecular weight excluding hydrogens is 324 g/mol. The Balaban J connectivity index is 2.07. The Morgan fingerprint density at radius 3 is 2.70 bits per heavy atom. The molecule has 0 radical (unpaired) electrons. The number of pyridine rings is 1. The van der Waals surface area contributed by atoms with Crippen LogP contribution < -0.4 is 10.1 Å². The lowest BCUT2D eigenvalue weighted by Crippen LogP contribution is -2.16. The van der Waals surface area contributed by atoms with Crippen LogP contribution in [0, 0.1) is 0 Å². The lowest BCUT2D eigenvalue weighted by Gasteiger charge is -2.08. The largest absolute Gasteiger partial charge is 0.474 e. The molecular formula is C13H13BrN4O2. The molecule has 1 amide bonds. The number of hydrogen-bond donors (Lipinski definition) is 1. The van der Waals surface area contributed by atoms with Gasteiger partial charge in [0.05, 0.1) is 6.10 Å². The molecule has 0 spiro atoms. The van der Waals surface area contributed by atoms with Gasteiger partial charge in [0.25, 0.3) is 5.91 Å². The third-order valence-corrected chi connectivity index (χ3v) is 2.85. The fourth-order valence-corrected chi connectivity index (χ4v) is 1.85. The number of carbonyl (C=O) groups excluding carboxylic acids is 1. The van der Waals surface area contributed by atoms with E-state index in [0.29, 0.717) is 16.2 Å². The summed E-state index contributed by atoms with van der Waals surface area (Å²) in [6.07, 6.45) is 1.57. The maximum atomic E-state index is 12.0. The lowest BCUT2D eigenvalue weighted by molar-refractivity contribution is 0.102. The molecule has 0 aliphatic rings. The zero-order chi connectivity index (χ0) is 14.5. The number of nitrogens with zero attached hydrogens (tertiary/aromatic N) is 3. The summed E-state index contributed by atoms with van der Waals surface area (Å²) in [7, 11) is 0. The van der Waals surface area contributed by atoms with Crippen LogP contribution in [0.15, 0.2) is 34.9 Å². The summed E-state index contributed by atoms with van der Waals surface area (Å²) < 4.78 is 5.99. The molecule has 104 valence electrons. The first-order valence-corrected chi connectivity index (χ1v) is 6.78. The van der Waals surface area contributed by atoms with Gasteiger partial charge in [-0.25, -0.2) is 4.98 Å². The minimum Gasteiger partial charge on any atom is -0.474 e. The Morgan fingerprint density at radius 1 is 1.30 bits per heavy atom. The van der Waals surface area contributed by atoms with E-state index in [0.717, 1.165) is 0 Å². The lowest BCUT2D eigenvalue weighted by atomic mass is 10.3. The Hall–Kier alpha value is -2.02. The van der Waals surface area contributed by atoms with Crippen LogP contribution >= 0.6 is 15.9 Å². The van der Waals surface area contributed by atoms with Gasteiger partial charge < -0.3 is 10.1 Å². The summed E-state index contributed by atoms with van der Waals surface area (Å²) in [5.41, 5.74) is 0.289. The van der Waals surface area contributed by atoms with Crippen molar-refractivity contribution in [3.8, 4) is 5.88 Å². The molecule has 0 saturated carbocycles. The van der Waals surface area contributed by atoms with Crippen LogP contribution in [0.4, 0.5) is 5.82 Å². The molecule has 0 unspecified atom stereocenters. The van der Waals surface area contributed by atoms with Crippen molar-refractivity contribution >= 4 is 27.7 Å². The highest BCUT2D eigenvalue weighted by atomic mass is 79.9. The van der Waals surface area contributed by atoms with Crippen molar-refractivity contribution < 1.29 is 9.53 Å². The molecule has 2 aromatic heterocycles. The summed E-state index contributed by atoms with van der Waals surface area (Å²) in [6.45, 7) is 3.80. The number of halogens is 1. The van der Waals surface area contributed by atoms with Crippen LogP contribution in [0.1, 0.15) is 24.3 Å². The van der Waals surface area contributed by atoms with Crippen molar-refractivity contribution in [2.45, 2.75) is 20.0 Å². The first-order valence-electron chi connectivity index (χ1n) is 5.98. The highest BCUT2D eigenvalue weighted by molar-refractivity contribution is 9.10. The maximum absolute atomic E-state index is 12.0. The van der Waals surface area contributed by atoms with Gasteiger partial charge in [0.2, 0.25) is 5.88 Å². The van der Waals surface area contributed by atoms with Crippen molar-refractivity contribution in [2.75, 3.05) is 5.32 Å². The molecule has 0 aliphatic carbocycles. The highest BCUT2D eigenvalue weighted by Gasteiger charge is 2.12. The van der Waals surface area contributed by atoms with Gasteiger partial charge in [-0.15, -0.1) is 10.2 Å². The summed E-state index contributed by atoms with van der Waals surface area (Å²) >= 11 is 3.27. The van der Waals surface area contributed by atoms with E-state index in [1.165, 1.54) is 0 Å². The molecule has 2 heterocycles. The maximum Gasteiger partial charge on any atom is 0.276 e. The zero-order valence-electron chi connectivity index (χ0n) is 11.0. The number of nitrogens with one attached hydrogen (secondary N) is 1. The van der Waals surface area contributed by atoms with E-state index in [-0.39, 0.29) is 17.7 Å². The van der Waals surface area contributed by atoms with Crippen LogP contribution in [0.2, 0.25) is 0 Å². The SMILES string of the molecule is CC(C)Oc1ccc(NC(=O)c2ncccc2Br)nn1. The molecule has 7 heteroatoms. The minimum atomic E-state index is -0.357. The van der Waals surface area contributed by atoms with E-state index in [2.05, 4.69) is 36.4 Å².